The summed E-state index contributed by atoms with van der Waals surface area (Å²) in [5.41, 5.74) is 8.50. The van der Waals surface area contributed by atoms with Crippen LogP contribution in [0, 0.1) is 10.1 Å². The van der Waals surface area contributed by atoms with Crippen molar-refractivity contribution in [3.8, 4) is 0 Å². The largest absolute Gasteiger partial charge is 0.275 e. The first-order valence-electron chi connectivity index (χ1n) is 7.08. The monoisotopic (exact) mass is 330 g/mol. The quantitative estimate of drug-likeness (QED) is 0.0935. The van der Waals surface area contributed by atoms with Crippen molar-refractivity contribution >= 4 is 23.5 Å². The zero-order chi connectivity index (χ0) is 17.8. The Morgan fingerprint density at radius 3 is 2.67 bits per heavy atom. The molecule has 1 aromatic carbocycles. The lowest BCUT2D eigenvalue weighted by molar-refractivity contribution is -0.385. The summed E-state index contributed by atoms with van der Waals surface area (Å²) in [6, 6.07) is 3.28. The minimum Gasteiger partial charge on any atom is -0.258 e. The molecule has 124 valence electrons. The number of unbranched alkanes of at least 4 members (excludes halogenated alkanes) is 2. The van der Waals surface area contributed by atoms with Crippen LogP contribution < -0.4 is 0 Å². The molecule has 0 aliphatic heterocycles. The minimum absolute atomic E-state index is 0.105. The molecule has 0 bridgehead atoms. The number of hydrogen-bond donors (Lipinski definition) is 0. The maximum absolute atomic E-state index is 11.2. The predicted octanol–water partition coefficient (Wildman–Crippen LogP) is 3.81. The molecule has 0 saturated carbocycles. The third kappa shape index (κ3) is 5.82. The summed E-state index contributed by atoms with van der Waals surface area (Å²) in [6.45, 7) is 0.367. The molecule has 0 radical (unpaired) electrons. The molecule has 0 aliphatic rings. The zero-order valence-electron chi connectivity index (χ0n) is 12.7. The summed E-state index contributed by atoms with van der Waals surface area (Å²) in [5, 5.41) is 14.5. The van der Waals surface area contributed by atoms with E-state index in [9.17, 15) is 19.7 Å². The molecule has 1 atom stereocenters. The van der Waals surface area contributed by atoms with Gasteiger partial charge in [0, 0.05) is 16.7 Å². The Morgan fingerprint density at radius 2 is 2.04 bits per heavy atom. The minimum atomic E-state index is -0.711. The van der Waals surface area contributed by atoms with Crippen molar-refractivity contribution in [3.05, 3.63) is 44.3 Å². The lowest BCUT2D eigenvalue weighted by Crippen LogP contribution is -2.01. The highest BCUT2D eigenvalue weighted by molar-refractivity contribution is 5.54. The van der Waals surface area contributed by atoms with E-state index in [1.807, 2.05) is 0 Å². The van der Waals surface area contributed by atoms with Crippen molar-refractivity contribution in [2.45, 2.75) is 31.7 Å². The average molecular weight is 330 g/mol. The fourth-order valence-corrected chi connectivity index (χ4v) is 2.19. The second-order valence-electron chi connectivity index (χ2n) is 4.75. The van der Waals surface area contributed by atoms with Gasteiger partial charge in [-0.25, -0.2) is 14.6 Å². The van der Waals surface area contributed by atoms with Gasteiger partial charge in [0.15, 0.2) is 0 Å². The van der Waals surface area contributed by atoms with Gasteiger partial charge >= 0.3 is 0 Å². The van der Waals surface area contributed by atoms with Crippen LogP contribution in [0.15, 0.2) is 33.3 Å². The molecule has 24 heavy (non-hydrogen) atoms. The van der Waals surface area contributed by atoms with E-state index in [0.717, 1.165) is 12.5 Å². The Labute approximate surface area is 136 Å². The summed E-state index contributed by atoms with van der Waals surface area (Å²) in [4.78, 5) is 40.8. The molecule has 1 aromatic rings. The number of nitro benzene ring substituents is 1. The Hall–Kier alpha value is -3.31. The number of azide groups is 1. The van der Waals surface area contributed by atoms with Crippen LogP contribution in [-0.4, -0.2) is 23.6 Å². The standard InChI is InChI=1S/C14H14N6O4/c15-19-18-11-5-6-12(14(8-11)20(23)24)13(17-10-22)4-2-1-3-7-16-9-21/h5-6,8,13H,1-4,7H2. The predicted molar refractivity (Wildman–Crippen MR) is 84.2 cm³/mol. The van der Waals surface area contributed by atoms with Crippen molar-refractivity contribution in [1.29, 1.82) is 0 Å². The molecule has 0 amide bonds. The van der Waals surface area contributed by atoms with Gasteiger partial charge in [0.1, 0.15) is 0 Å². The molecule has 0 N–H and O–H groups in total. The Balaban J connectivity index is 2.94. The molecule has 0 aromatic heterocycles. The molecule has 0 aliphatic carbocycles. The highest BCUT2D eigenvalue weighted by Crippen LogP contribution is 2.34. The first-order chi connectivity index (χ1) is 11.6. The highest BCUT2D eigenvalue weighted by Gasteiger charge is 2.22. The maximum atomic E-state index is 11.2. The molecule has 1 unspecified atom stereocenters. The number of carbonyl (C=O) groups excluding carboxylic acids is 2. The summed E-state index contributed by atoms with van der Waals surface area (Å²) < 4.78 is 0. The van der Waals surface area contributed by atoms with Crippen LogP contribution in [0.1, 0.15) is 37.3 Å². The zero-order valence-corrected chi connectivity index (χ0v) is 12.7. The molecule has 10 nitrogen and oxygen atoms in total. The summed E-state index contributed by atoms with van der Waals surface area (Å²) >= 11 is 0. The van der Waals surface area contributed by atoms with Crippen LogP contribution in [0.5, 0.6) is 0 Å². The van der Waals surface area contributed by atoms with Gasteiger partial charge in [-0.15, -0.1) is 0 Å². The lowest BCUT2D eigenvalue weighted by atomic mass is 9.99. The molecular weight excluding hydrogens is 316 g/mol. The van der Waals surface area contributed by atoms with Crippen LogP contribution in [0.2, 0.25) is 0 Å². The van der Waals surface area contributed by atoms with Crippen molar-refractivity contribution in [2.24, 2.45) is 15.1 Å². The van der Waals surface area contributed by atoms with Crippen molar-refractivity contribution in [1.82, 2.24) is 0 Å². The summed E-state index contributed by atoms with van der Waals surface area (Å²) in [7, 11) is 0. The van der Waals surface area contributed by atoms with Gasteiger partial charge in [-0.2, -0.15) is 4.99 Å². The van der Waals surface area contributed by atoms with Crippen molar-refractivity contribution < 1.29 is 14.5 Å². The Bertz CT molecular complexity index is 731. The van der Waals surface area contributed by atoms with Crippen LogP contribution >= 0.6 is 0 Å². The third-order valence-electron chi connectivity index (χ3n) is 3.25. The Morgan fingerprint density at radius 1 is 1.25 bits per heavy atom. The molecule has 0 fully saturated rings. The molecule has 0 heterocycles. The number of aliphatic imine (C=N–C) groups is 2. The average Bonchev–Trinajstić information content (AvgIpc) is 2.57. The SMILES string of the molecule is [N-]=[N+]=Nc1ccc(C(CCCCCN=C=O)N=C=O)c([N+](=O)[O-])c1. The van der Waals surface area contributed by atoms with Crippen molar-refractivity contribution in [2.75, 3.05) is 6.54 Å². The number of benzene rings is 1. The number of nitrogens with zero attached hydrogens (tertiary/aromatic N) is 6. The topological polar surface area (TPSA) is 151 Å². The van der Waals surface area contributed by atoms with E-state index in [4.69, 9.17) is 5.53 Å². The van der Waals surface area contributed by atoms with E-state index in [1.54, 1.807) is 0 Å². The van der Waals surface area contributed by atoms with Gasteiger partial charge in [-0.3, -0.25) is 10.1 Å². The van der Waals surface area contributed by atoms with E-state index in [0.29, 0.717) is 25.8 Å². The summed E-state index contributed by atoms with van der Waals surface area (Å²) in [5.74, 6) is 0. The molecule has 1 rings (SSSR count). The molecule has 10 heteroatoms. The second kappa shape index (κ2) is 10.4. The van der Waals surface area contributed by atoms with Crippen molar-refractivity contribution in [3.63, 3.8) is 0 Å². The van der Waals surface area contributed by atoms with E-state index in [1.165, 1.54) is 24.3 Å². The summed E-state index contributed by atoms with van der Waals surface area (Å²) in [6.07, 6.45) is 5.32. The fourth-order valence-electron chi connectivity index (χ4n) is 2.19. The maximum Gasteiger partial charge on any atom is 0.275 e. The number of isocyanates is 2. The number of rotatable bonds is 10. The lowest BCUT2D eigenvalue weighted by Gasteiger charge is -2.11. The van der Waals surface area contributed by atoms with Crippen LogP contribution in [-0.2, 0) is 9.59 Å². The van der Waals surface area contributed by atoms with Crippen LogP contribution in [0.4, 0.5) is 11.4 Å². The van der Waals surface area contributed by atoms with Gasteiger partial charge < -0.3 is 0 Å². The smallest absolute Gasteiger partial charge is 0.258 e. The highest BCUT2D eigenvalue weighted by atomic mass is 16.6. The van der Waals surface area contributed by atoms with E-state index in [-0.39, 0.29) is 16.9 Å². The van der Waals surface area contributed by atoms with Gasteiger partial charge in [-0.1, -0.05) is 24.0 Å². The van der Waals surface area contributed by atoms with Crippen LogP contribution in [0.25, 0.3) is 10.4 Å². The number of hydrogen-bond acceptors (Lipinski definition) is 7. The first kappa shape index (κ1) is 18.7. The third-order valence-corrected chi connectivity index (χ3v) is 3.25. The molecule has 0 spiro atoms. The Kier molecular flexibility index (Phi) is 8.14. The fraction of sp³-hybridized carbons (Fsp3) is 0.429. The first-order valence-corrected chi connectivity index (χ1v) is 7.08. The van der Waals surface area contributed by atoms with Gasteiger partial charge in [0.2, 0.25) is 12.2 Å². The number of nitro groups is 1. The van der Waals surface area contributed by atoms with Crippen LogP contribution in [0.3, 0.4) is 0 Å². The second-order valence-corrected chi connectivity index (χ2v) is 4.75. The van der Waals surface area contributed by atoms with E-state index < -0.39 is 11.0 Å². The van der Waals surface area contributed by atoms with Gasteiger partial charge in [-0.05, 0) is 24.4 Å². The molecular formula is C14H14N6O4. The van der Waals surface area contributed by atoms with Gasteiger partial charge in [0.05, 0.1) is 23.1 Å². The van der Waals surface area contributed by atoms with E-state index in [2.05, 4.69) is 20.0 Å². The van der Waals surface area contributed by atoms with E-state index >= 15 is 0 Å². The van der Waals surface area contributed by atoms with Gasteiger partial charge in [0.25, 0.3) is 5.69 Å². The molecule has 0 saturated heterocycles. The normalized spacial score (nSPS) is 10.7.